The van der Waals surface area contributed by atoms with E-state index < -0.39 is 10.0 Å². The summed E-state index contributed by atoms with van der Waals surface area (Å²) in [4.78, 5) is 18.1. The number of aryl methyl sites for hydroxylation is 1. The number of halogens is 1. The van der Waals surface area contributed by atoms with Crippen molar-refractivity contribution in [2.24, 2.45) is 7.05 Å². The third-order valence-electron chi connectivity index (χ3n) is 4.14. The van der Waals surface area contributed by atoms with Crippen molar-refractivity contribution in [3.8, 4) is 0 Å². The molecule has 25 heavy (non-hydrogen) atoms. The summed E-state index contributed by atoms with van der Waals surface area (Å²) in [5.74, 6) is -0.0969. The van der Waals surface area contributed by atoms with Crippen LogP contribution < -0.4 is 4.72 Å². The predicted octanol–water partition coefficient (Wildman–Crippen LogP) is 1.66. The zero-order valence-electron chi connectivity index (χ0n) is 13.7. The minimum atomic E-state index is -3.84. The van der Waals surface area contributed by atoms with E-state index in [2.05, 4.69) is 9.71 Å². The molecule has 1 aliphatic heterocycles. The van der Waals surface area contributed by atoms with Crippen LogP contribution in [0.5, 0.6) is 0 Å². The summed E-state index contributed by atoms with van der Waals surface area (Å²) in [6, 6.07) is 8.60. The third-order valence-corrected chi connectivity index (χ3v) is 6.15. The molecule has 1 aliphatic rings. The number of benzene rings is 1. The summed E-state index contributed by atoms with van der Waals surface area (Å²) in [7, 11) is -2.22. The first-order valence-corrected chi connectivity index (χ1v) is 9.78. The van der Waals surface area contributed by atoms with Gasteiger partial charge in [0.05, 0.1) is 6.33 Å². The first-order chi connectivity index (χ1) is 11.9. The van der Waals surface area contributed by atoms with Crippen molar-refractivity contribution in [2.45, 2.75) is 23.9 Å². The van der Waals surface area contributed by atoms with Gasteiger partial charge in [-0.1, -0.05) is 29.8 Å². The van der Waals surface area contributed by atoms with Gasteiger partial charge < -0.3 is 9.47 Å². The van der Waals surface area contributed by atoms with Gasteiger partial charge in [0, 0.05) is 31.7 Å². The Labute approximate surface area is 151 Å². The predicted molar refractivity (Wildman–Crippen MR) is 93.9 cm³/mol. The van der Waals surface area contributed by atoms with Gasteiger partial charge in [0.15, 0.2) is 0 Å². The van der Waals surface area contributed by atoms with Crippen LogP contribution in [0.15, 0.2) is 41.7 Å². The minimum absolute atomic E-state index is 0.0560. The maximum Gasteiger partial charge on any atom is 0.261 e. The Morgan fingerprint density at radius 2 is 2.04 bits per heavy atom. The number of nitrogens with zero attached hydrogens (tertiary/aromatic N) is 3. The Kier molecular flexibility index (Phi) is 5.12. The number of carbonyl (C=O) groups excluding carboxylic acids is 1. The number of imidazole rings is 1. The molecule has 1 aromatic heterocycles. The molecule has 0 spiro atoms. The van der Waals surface area contributed by atoms with E-state index in [1.807, 2.05) is 6.07 Å². The first kappa shape index (κ1) is 17.9. The van der Waals surface area contributed by atoms with Crippen LogP contribution in [0.2, 0.25) is 5.15 Å². The molecule has 0 radical (unpaired) electrons. The van der Waals surface area contributed by atoms with E-state index in [1.54, 1.807) is 36.2 Å². The number of sulfonamides is 1. The van der Waals surface area contributed by atoms with E-state index in [9.17, 15) is 13.2 Å². The molecule has 7 nitrogen and oxygen atoms in total. The molecule has 1 aromatic carbocycles. The number of aromatic nitrogens is 2. The van der Waals surface area contributed by atoms with Gasteiger partial charge in [0.1, 0.15) is 5.15 Å². The lowest BCUT2D eigenvalue weighted by atomic mass is 10.1. The summed E-state index contributed by atoms with van der Waals surface area (Å²) < 4.78 is 29.1. The number of likely N-dealkylation sites (tertiary alicyclic amines) is 1. The standard InChI is InChI=1S/C16H19ClN4O3S/c1-20-11-18-15(14(20)17)25(23,24)19-13-8-5-9-21(10-13)16(22)12-6-3-2-4-7-12/h2-4,6-7,11,13,19H,5,8-10H2,1H3. The second-order valence-electron chi connectivity index (χ2n) is 6.03. The largest absolute Gasteiger partial charge is 0.337 e. The molecule has 9 heteroatoms. The van der Waals surface area contributed by atoms with Crippen LogP contribution >= 0.6 is 11.6 Å². The molecule has 2 heterocycles. The minimum Gasteiger partial charge on any atom is -0.337 e. The van der Waals surface area contributed by atoms with Gasteiger partial charge in [-0.3, -0.25) is 4.79 Å². The number of carbonyl (C=O) groups is 1. The highest BCUT2D eigenvalue weighted by molar-refractivity contribution is 7.89. The quantitative estimate of drug-likeness (QED) is 0.871. The lowest BCUT2D eigenvalue weighted by molar-refractivity contribution is 0.0703. The highest BCUT2D eigenvalue weighted by Gasteiger charge is 2.30. The van der Waals surface area contributed by atoms with Gasteiger partial charge in [-0.15, -0.1) is 0 Å². The van der Waals surface area contributed by atoms with Crippen molar-refractivity contribution < 1.29 is 13.2 Å². The first-order valence-electron chi connectivity index (χ1n) is 7.92. The van der Waals surface area contributed by atoms with E-state index in [0.29, 0.717) is 25.1 Å². The Morgan fingerprint density at radius 3 is 2.68 bits per heavy atom. The van der Waals surface area contributed by atoms with Crippen LogP contribution in [0.4, 0.5) is 0 Å². The number of rotatable bonds is 4. The van der Waals surface area contributed by atoms with Crippen molar-refractivity contribution in [3.63, 3.8) is 0 Å². The Balaban J connectivity index is 1.71. The van der Waals surface area contributed by atoms with Gasteiger partial charge in [-0.05, 0) is 25.0 Å². The number of hydrogen-bond donors (Lipinski definition) is 1. The maximum atomic E-state index is 12.6. The van der Waals surface area contributed by atoms with Gasteiger partial charge in [0.25, 0.3) is 15.9 Å². The number of amides is 1. The molecule has 0 aliphatic carbocycles. The summed E-state index contributed by atoms with van der Waals surface area (Å²) in [6.07, 6.45) is 2.73. The molecule has 1 saturated heterocycles. The molecule has 2 aromatic rings. The lowest BCUT2D eigenvalue weighted by Crippen LogP contribution is -2.49. The second kappa shape index (κ2) is 7.15. The fraction of sp³-hybridized carbons (Fsp3) is 0.375. The van der Waals surface area contributed by atoms with Crippen LogP contribution in [0.25, 0.3) is 0 Å². The topological polar surface area (TPSA) is 84.3 Å². The van der Waals surface area contributed by atoms with E-state index in [4.69, 9.17) is 11.6 Å². The van der Waals surface area contributed by atoms with Crippen molar-refractivity contribution in [1.29, 1.82) is 0 Å². The SMILES string of the molecule is Cn1cnc(S(=O)(=O)NC2CCCN(C(=O)c3ccccc3)C2)c1Cl. The van der Waals surface area contributed by atoms with E-state index >= 15 is 0 Å². The van der Waals surface area contributed by atoms with E-state index in [-0.39, 0.29) is 22.1 Å². The number of nitrogens with one attached hydrogen (secondary N) is 1. The Hall–Kier alpha value is -1.90. The second-order valence-corrected chi connectivity index (χ2v) is 8.02. The molecule has 1 N–H and O–H groups in total. The van der Waals surface area contributed by atoms with Gasteiger partial charge >= 0.3 is 0 Å². The zero-order chi connectivity index (χ0) is 18.0. The van der Waals surface area contributed by atoms with Gasteiger partial charge in [-0.2, -0.15) is 0 Å². The summed E-state index contributed by atoms with van der Waals surface area (Å²) >= 11 is 5.99. The zero-order valence-corrected chi connectivity index (χ0v) is 15.3. The van der Waals surface area contributed by atoms with E-state index in [0.717, 1.165) is 6.42 Å². The number of hydrogen-bond acceptors (Lipinski definition) is 4. The molecular formula is C16H19ClN4O3S. The fourth-order valence-corrected chi connectivity index (χ4v) is 4.56. The molecule has 134 valence electrons. The highest BCUT2D eigenvalue weighted by Crippen LogP contribution is 2.21. The highest BCUT2D eigenvalue weighted by atomic mass is 35.5. The average molecular weight is 383 g/mol. The molecule has 3 rings (SSSR count). The van der Waals surface area contributed by atoms with Gasteiger partial charge in [0.2, 0.25) is 5.03 Å². The molecule has 0 saturated carbocycles. The van der Waals surface area contributed by atoms with Crippen LogP contribution in [-0.2, 0) is 17.1 Å². The molecule has 1 amide bonds. The molecule has 1 atom stereocenters. The summed E-state index contributed by atoms with van der Waals surface area (Å²) in [6.45, 7) is 0.924. The summed E-state index contributed by atoms with van der Waals surface area (Å²) in [5.41, 5.74) is 0.596. The molecule has 1 fully saturated rings. The van der Waals surface area contributed by atoms with Crippen molar-refractivity contribution in [1.82, 2.24) is 19.2 Å². The van der Waals surface area contributed by atoms with Crippen LogP contribution in [-0.4, -0.2) is 47.9 Å². The van der Waals surface area contributed by atoms with Crippen molar-refractivity contribution in [2.75, 3.05) is 13.1 Å². The maximum absolute atomic E-state index is 12.6. The third kappa shape index (κ3) is 3.86. The normalized spacial score (nSPS) is 18.3. The molecular weight excluding hydrogens is 364 g/mol. The van der Waals surface area contributed by atoms with Crippen molar-refractivity contribution >= 4 is 27.5 Å². The van der Waals surface area contributed by atoms with Crippen LogP contribution in [0, 0.1) is 0 Å². The average Bonchev–Trinajstić information content (AvgIpc) is 2.95. The van der Waals surface area contributed by atoms with E-state index in [1.165, 1.54) is 10.9 Å². The molecule has 0 bridgehead atoms. The Bertz CT molecular complexity index is 867. The molecule has 1 unspecified atom stereocenters. The van der Waals surface area contributed by atoms with Crippen molar-refractivity contribution in [3.05, 3.63) is 47.4 Å². The van der Waals surface area contributed by atoms with Crippen LogP contribution in [0.1, 0.15) is 23.2 Å². The summed E-state index contributed by atoms with van der Waals surface area (Å²) in [5, 5.41) is -0.135. The lowest BCUT2D eigenvalue weighted by Gasteiger charge is -2.33. The fourth-order valence-electron chi connectivity index (χ4n) is 2.87. The smallest absolute Gasteiger partial charge is 0.261 e. The van der Waals surface area contributed by atoms with Gasteiger partial charge in [-0.25, -0.2) is 18.1 Å². The monoisotopic (exact) mass is 382 g/mol. The Morgan fingerprint density at radius 1 is 1.32 bits per heavy atom. The number of piperidine rings is 1. The van der Waals surface area contributed by atoms with Crippen LogP contribution in [0.3, 0.4) is 0 Å².